The van der Waals surface area contributed by atoms with Crippen molar-refractivity contribution in [2.45, 2.75) is 49.9 Å². The Morgan fingerprint density at radius 1 is 0.686 bits per heavy atom. The van der Waals surface area contributed by atoms with E-state index in [4.69, 9.17) is 0 Å². The molecule has 0 radical (unpaired) electrons. The topological polar surface area (TPSA) is 264 Å². The molecule has 0 aliphatic carbocycles. The zero-order valence-electron chi connectivity index (χ0n) is 18.4. The minimum Gasteiger partial charge on any atom is -0.548 e. The number of aliphatic carboxylic acids is 3. The molecule has 15 nitrogen and oxygen atoms in total. The minimum absolute atomic E-state index is 0.148. The van der Waals surface area contributed by atoms with Crippen LogP contribution in [0.15, 0.2) is 0 Å². The van der Waals surface area contributed by atoms with Gasteiger partial charge in [-0.2, -0.15) is 25.3 Å². The highest BCUT2D eigenvalue weighted by Crippen LogP contribution is 2.02. The number of amides is 4. The van der Waals surface area contributed by atoms with Crippen LogP contribution in [0.3, 0.4) is 0 Å². The molecule has 0 aromatic heterocycles. The van der Waals surface area contributed by atoms with E-state index in [9.17, 15) is 48.9 Å². The van der Waals surface area contributed by atoms with E-state index in [1.807, 2.05) is 5.32 Å². The van der Waals surface area contributed by atoms with Crippen LogP contribution in [0.5, 0.6) is 0 Å². The number of carboxylic acid groups (broad SMARTS) is 3. The van der Waals surface area contributed by atoms with Crippen molar-refractivity contribution in [2.24, 2.45) is 0 Å². The normalized spacial score (nSPS) is 13.9. The number of carbonyl (C=O) groups excluding carboxylic acids is 7. The van der Waals surface area contributed by atoms with Gasteiger partial charge in [-0.05, 0) is 6.42 Å². The average Bonchev–Trinajstić information content (AvgIpc) is 2.79. The second-order valence-corrected chi connectivity index (χ2v) is 7.90. The molecule has 0 aromatic rings. The Labute approximate surface area is 210 Å². The van der Waals surface area contributed by atoms with Crippen molar-refractivity contribution in [1.82, 2.24) is 21.3 Å². The highest BCUT2D eigenvalue weighted by atomic mass is 32.1. The first-order chi connectivity index (χ1) is 16.3. The number of carbonyl (C=O) groups is 7. The fraction of sp³-hybridized carbons (Fsp3) is 0.611. The summed E-state index contributed by atoms with van der Waals surface area (Å²) < 4.78 is 0. The van der Waals surface area contributed by atoms with Crippen molar-refractivity contribution in [3.05, 3.63) is 0 Å². The molecule has 0 spiro atoms. The van der Waals surface area contributed by atoms with E-state index < -0.39 is 85.1 Å². The maximum absolute atomic E-state index is 12.4. The van der Waals surface area contributed by atoms with Crippen molar-refractivity contribution < 1.29 is 54.6 Å². The first-order valence-electron chi connectivity index (χ1n) is 10.1. The fourth-order valence-electron chi connectivity index (χ4n) is 2.42. The summed E-state index contributed by atoms with van der Waals surface area (Å²) in [5.74, 6) is -8.40. The summed E-state index contributed by atoms with van der Waals surface area (Å²) in [4.78, 5) is 80.6. The van der Waals surface area contributed by atoms with Crippen molar-refractivity contribution >= 4 is 66.8 Å². The zero-order chi connectivity index (χ0) is 27.1. The van der Waals surface area contributed by atoms with Gasteiger partial charge >= 0.3 is 0 Å². The van der Waals surface area contributed by atoms with Crippen LogP contribution in [0, 0.1) is 0 Å². The maximum Gasteiger partial charge on any atom is 0.243 e. The third kappa shape index (κ3) is 13.4. The van der Waals surface area contributed by atoms with Gasteiger partial charge in [0.1, 0.15) is 18.1 Å². The summed E-state index contributed by atoms with van der Waals surface area (Å²) in [7, 11) is 0. The van der Waals surface area contributed by atoms with Crippen molar-refractivity contribution in [2.75, 3.05) is 18.1 Å². The van der Waals surface area contributed by atoms with E-state index >= 15 is 0 Å². The van der Waals surface area contributed by atoms with Gasteiger partial charge in [-0.3, -0.25) is 19.2 Å². The van der Waals surface area contributed by atoms with E-state index in [1.165, 1.54) is 0 Å². The van der Waals surface area contributed by atoms with Crippen LogP contribution in [0.2, 0.25) is 0 Å². The quantitative estimate of drug-likeness (QED) is 0.0861. The predicted octanol–water partition coefficient (Wildman–Crippen LogP) is -8.16. The molecular weight excluding hydrogens is 510 g/mol. The van der Waals surface area contributed by atoms with Crippen molar-refractivity contribution in [3.8, 4) is 0 Å². The molecule has 0 saturated carbocycles. The lowest BCUT2D eigenvalue weighted by molar-refractivity contribution is -0.438. The van der Waals surface area contributed by atoms with Gasteiger partial charge in [0.25, 0.3) is 0 Å². The average molecular weight is 538 g/mol. The summed E-state index contributed by atoms with van der Waals surface area (Å²) in [6.45, 7) is -0.784. The van der Waals surface area contributed by atoms with Crippen LogP contribution in [0.4, 0.5) is 0 Å². The molecule has 0 aliphatic heterocycles. The molecule has 0 aliphatic rings. The van der Waals surface area contributed by atoms with Gasteiger partial charge in [0, 0.05) is 30.8 Å². The van der Waals surface area contributed by atoms with Gasteiger partial charge in [-0.15, -0.1) is 0 Å². The Bertz CT molecular complexity index is 813. The van der Waals surface area contributed by atoms with Crippen LogP contribution >= 0.6 is 25.3 Å². The van der Waals surface area contributed by atoms with Crippen molar-refractivity contribution in [1.29, 1.82) is 0 Å². The van der Waals surface area contributed by atoms with Gasteiger partial charge in [0.15, 0.2) is 0 Å². The van der Waals surface area contributed by atoms with Crippen LogP contribution < -0.4 is 42.3 Å². The van der Waals surface area contributed by atoms with Gasteiger partial charge < -0.3 is 56.7 Å². The van der Waals surface area contributed by atoms with E-state index in [-0.39, 0.29) is 24.3 Å². The Morgan fingerprint density at radius 3 is 1.60 bits per heavy atom. The van der Waals surface area contributed by atoms with Crippen LogP contribution in [-0.2, 0) is 33.6 Å². The molecule has 0 fully saturated rings. The first kappa shape index (κ1) is 31.9. The molecule has 198 valence electrons. The summed E-state index contributed by atoms with van der Waals surface area (Å²) in [6.07, 6.45) is -1.35. The zero-order valence-corrected chi connectivity index (χ0v) is 20.2. The highest BCUT2D eigenvalue weighted by Gasteiger charge is 2.25. The van der Waals surface area contributed by atoms with E-state index in [1.54, 1.807) is 0 Å². The molecule has 4 unspecified atom stereocenters. The van der Waals surface area contributed by atoms with E-state index in [0.717, 1.165) is 0 Å². The molecule has 4 amide bonds. The van der Waals surface area contributed by atoms with Gasteiger partial charge in [0.05, 0.1) is 30.5 Å². The lowest BCUT2D eigenvalue weighted by Gasteiger charge is -2.24. The van der Waals surface area contributed by atoms with E-state index in [2.05, 4.69) is 46.9 Å². The standard InChI is InChI=1S/C18H29N5O10S2/c19-8(17(30)31)1-3-12(24)22-11(7-35)16(29)23-9(18(32)33)2-4-13(25)21-10(6-34)15(28)20-5-14(26)27/h8-11,34-35H,1-7,19H2,(H,20,28)(H,21,25)(H,22,24)(H,23,29)(H,26,27)(H,30,31)(H,32,33)/p-2. The third-order valence-corrected chi connectivity index (χ3v) is 5.12. The van der Waals surface area contributed by atoms with Gasteiger partial charge in [-0.1, -0.05) is 0 Å². The third-order valence-electron chi connectivity index (χ3n) is 4.39. The summed E-state index contributed by atoms with van der Waals surface area (Å²) in [5, 5.41) is 41.0. The number of nitrogens with one attached hydrogen (secondary N) is 4. The molecule has 7 N–H and O–H groups in total. The number of rotatable bonds is 17. The molecule has 35 heavy (non-hydrogen) atoms. The number of hydrogen-bond acceptors (Lipinski definition) is 12. The summed E-state index contributed by atoms with van der Waals surface area (Å²) >= 11 is 7.80. The summed E-state index contributed by atoms with van der Waals surface area (Å²) in [6, 6.07) is -5.26. The molecule has 0 bridgehead atoms. The molecule has 0 heterocycles. The Morgan fingerprint density at radius 2 is 1.17 bits per heavy atom. The lowest BCUT2D eigenvalue weighted by Crippen LogP contribution is -2.68. The monoisotopic (exact) mass is 537 g/mol. The fourth-order valence-corrected chi connectivity index (χ4v) is 2.94. The number of carboxylic acids is 3. The van der Waals surface area contributed by atoms with Crippen LogP contribution in [0.1, 0.15) is 25.7 Å². The first-order valence-corrected chi connectivity index (χ1v) is 11.4. The number of thiol groups is 2. The molecule has 0 rings (SSSR count). The summed E-state index contributed by atoms with van der Waals surface area (Å²) in [5.41, 5.74) is 3.29. The minimum atomic E-state index is -1.72. The molecule has 0 aromatic carbocycles. The number of quaternary nitrogens is 1. The molecular formula is C18H27N5O10S2-2. The maximum atomic E-state index is 12.4. The Kier molecular flexibility index (Phi) is 15.1. The Hall–Kier alpha value is -3.05. The second kappa shape index (κ2) is 16.6. The van der Waals surface area contributed by atoms with Gasteiger partial charge in [0.2, 0.25) is 23.6 Å². The molecule has 17 heteroatoms. The highest BCUT2D eigenvalue weighted by molar-refractivity contribution is 7.80. The van der Waals surface area contributed by atoms with Gasteiger partial charge in [-0.25, -0.2) is 0 Å². The van der Waals surface area contributed by atoms with Crippen LogP contribution in [-0.4, -0.2) is 83.8 Å². The number of hydrogen-bond donors (Lipinski definition) is 7. The van der Waals surface area contributed by atoms with E-state index in [0.29, 0.717) is 0 Å². The molecule has 4 atom stereocenters. The molecule has 0 saturated heterocycles. The second-order valence-electron chi connectivity index (χ2n) is 7.17. The lowest BCUT2D eigenvalue weighted by atomic mass is 10.1. The Balaban J connectivity index is 4.83. The van der Waals surface area contributed by atoms with Crippen LogP contribution in [0.25, 0.3) is 0 Å². The largest absolute Gasteiger partial charge is 0.548 e. The van der Waals surface area contributed by atoms with Crippen molar-refractivity contribution in [3.63, 3.8) is 0 Å². The SMILES string of the molecule is [NH3+]C(CCC(=O)NC(CS)C(=O)NC(CCC(=O)NC(CS)C(=O)NCC(=O)[O-])C(=O)[O-])C(=O)[O-]. The smallest absolute Gasteiger partial charge is 0.243 e. The predicted molar refractivity (Wildman–Crippen MR) is 117 cm³/mol.